The number of nitrogens with two attached hydrogens (primary N) is 1. The molecular formula is C12H10Br3NS. The second-order valence-electron chi connectivity index (χ2n) is 3.75. The van der Waals surface area contributed by atoms with Gasteiger partial charge in [0.15, 0.2) is 0 Å². The van der Waals surface area contributed by atoms with E-state index >= 15 is 0 Å². The van der Waals surface area contributed by atoms with Crippen molar-refractivity contribution in [3.05, 3.63) is 53.0 Å². The first-order valence-electron chi connectivity index (χ1n) is 4.95. The lowest BCUT2D eigenvalue weighted by Crippen LogP contribution is -2.10. The Hall–Kier alpha value is 0.320. The largest absolute Gasteiger partial charge is 0.320 e. The van der Waals surface area contributed by atoms with Crippen LogP contribution >= 0.6 is 59.1 Å². The molecule has 0 amide bonds. The summed E-state index contributed by atoms with van der Waals surface area (Å²) in [7, 11) is 0. The smallest absolute Gasteiger partial charge is 0.0658 e. The second-order valence-corrected chi connectivity index (χ2v) is 7.72. The highest BCUT2D eigenvalue weighted by Gasteiger charge is 2.15. The van der Waals surface area contributed by atoms with E-state index in [-0.39, 0.29) is 6.04 Å². The SMILES string of the molecule is Cc1cc(Br)c(C(N)c2cc(Br)cc(Br)c2)s1. The molecule has 0 aliphatic rings. The zero-order valence-electron chi connectivity index (χ0n) is 9.01. The van der Waals surface area contributed by atoms with Crippen molar-refractivity contribution in [3.8, 4) is 0 Å². The summed E-state index contributed by atoms with van der Waals surface area (Å²) in [6, 6.07) is 8.11. The van der Waals surface area contributed by atoms with Gasteiger partial charge >= 0.3 is 0 Å². The third kappa shape index (κ3) is 3.20. The molecule has 1 nitrogen and oxygen atoms in total. The number of hydrogen-bond donors (Lipinski definition) is 1. The summed E-state index contributed by atoms with van der Waals surface area (Å²) in [5.41, 5.74) is 7.40. The summed E-state index contributed by atoms with van der Waals surface area (Å²) < 4.78 is 3.15. The van der Waals surface area contributed by atoms with Crippen molar-refractivity contribution in [3.63, 3.8) is 0 Å². The average Bonchev–Trinajstić information content (AvgIpc) is 2.55. The molecule has 0 saturated carbocycles. The Morgan fingerprint density at radius 3 is 2.12 bits per heavy atom. The Balaban J connectivity index is 2.43. The van der Waals surface area contributed by atoms with Gasteiger partial charge in [-0.3, -0.25) is 0 Å². The maximum atomic E-state index is 6.31. The topological polar surface area (TPSA) is 26.0 Å². The first-order chi connectivity index (χ1) is 7.97. The lowest BCUT2D eigenvalue weighted by molar-refractivity contribution is 0.887. The van der Waals surface area contributed by atoms with Gasteiger partial charge in [0.25, 0.3) is 0 Å². The van der Waals surface area contributed by atoms with E-state index in [9.17, 15) is 0 Å². The van der Waals surface area contributed by atoms with E-state index in [0.717, 1.165) is 23.9 Å². The molecule has 2 rings (SSSR count). The zero-order chi connectivity index (χ0) is 12.6. The summed E-state index contributed by atoms with van der Waals surface area (Å²) in [5.74, 6) is 0. The van der Waals surface area contributed by atoms with Crippen LogP contribution in [-0.2, 0) is 0 Å². The van der Waals surface area contributed by atoms with Gasteiger partial charge in [0, 0.05) is 23.2 Å². The normalized spacial score (nSPS) is 12.8. The molecule has 1 aromatic heterocycles. The quantitative estimate of drug-likeness (QED) is 0.666. The molecule has 0 bridgehead atoms. The molecule has 1 heterocycles. The molecular weight excluding hydrogens is 430 g/mol. The minimum Gasteiger partial charge on any atom is -0.320 e. The molecule has 5 heteroatoms. The average molecular weight is 440 g/mol. The Morgan fingerprint density at radius 1 is 1.06 bits per heavy atom. The monoisotopic (exact) mass is 437 g/mol. The van der Waals surface area contributed by atoms with Gasteiger partial charge in [0.2, 0.25) is 0 Å². The number of hydrogen-bond acceptors (Lipinski definition) is 2. The van der Waals surface area contributed by atoms with E-state index in [1.54, 1.807) is 11.3 Å². The molecule has 1 aromatic carbocycles. The number of benzene rings is 1. The summed E-state index contributed by atoms with van der Waals surface area (Å²) in [4.78, 5) is 2.42. The molecule has 1 unspecified atom stereocenters. The van der Waals surface area contributed by atoms with Crippen LogP contribution in [-0.4, -0.2) is 0 Å². The summed E-state index contributed by atoms with van der Waals surface area (Å²) in [6.45, 7) is 2.09. The molecule has 17 heavy (non-hydrogen) atoms. The van der Waals surface area contributed by atoms with Crippen molar-refractivity contribution in [2.24, 2.45) is 5.73 Å². The lowest BCUT2D eigenvalue weighted by atomic mass is 10.1. The van der Waals surface area contributed by atoms with Crippen molar-refractivity contribution >= 4 is 59.1 Å². The molecule has 0 spiro atoms. The lowest BCUT2D eigenvalue weighted by Gasteiger charge is -2.12. The molecule has 2 aromatic rings. The third-order valence-electron chi connectivity index (χ3n) is 2.36. The number of halogens is 3. The van der Waals surface area contributed by atoms with Gasteiger partial charge < -0.3 is 5.73 Å². The predicted octanol–water partition coefficient (Wildman–Crippen LogP) is 5.39. The summed E-state index contributed by atoms with van der Waals surface area (Å²) in [6.07, 6.45) is 0. The molecule has 90 valence electrons. The molecule has 0 aliphatic heterocycles. The second kappa shape index (κ2) is 5.53. The van der Waals surface area contributed by atoms with Crippen molar-refractivity contribution in [2.45, 2.75) is 13.0 Å². The van der Waals surface area contributed by atoms with Gasteiger partial charge in [0.05, 0.1) is 6.04 Å². The molecule has 0 saturated heterocycles. The highest BCUT2D eigenvalue weighted by molar-refractivity contribution is 9.11. The van der Waals surface area contributed by atoms with E-state index in [4.69, 9.17) is 5.73 Å². The van der Waals surface area contributed by atoms with Gasteiger partial charge in [-0.1, -0.05) is 31.9 Å². The highest BCUT2D eigenvalue weighted by atomic mass is 79.9. The number of aryl methyl sites for hydroxylation is 1. The Labute approximate surface area is 130 Å². The minimum atomic E-state index is -0.100. The van der Waals surface area contributed by atoms with Crippen molar-refractivity contribution < 1.29 is 0 Å². The standard InChI is InChI=1S/C12H10Br3NS/c1-6-2-10(15)12(17-6)11(16)7-3-8(13)5-9(14)4-7/h2-5,11H,16H2,1H3. The Bertz CT molecular complexity index is 530. The van der Waals surface area contributed by atoms with Gasteiger partial charge in [-0.25, -0.2) is 0 Å². The van der Waals surface area contributed by atoms with Crippen LogP contribution in [0.2, 0.25) is 0 Å². The van der Waals surface area contributed by atoms with E-state index in [1.807, 2.05) is 6.07 Å². The molecule has 1 atom stereocenters. The molecule has 2 N–H and O–H groups in total. The highest BCUT2D eigenvalue weighted by Crippen LogP contribution is 2.35. The first-order valence-corrected chi connectivity index (χ1v) is 8.14. The fraction of sp³-hybridized carbons (Fsp3) is 0.167. The molecule has 0 fully saturated rings. The van der Waals surface area contributed by atoms with Gasteiger partial charge in [-0.2, -0.15) is 0 Å². The fourth-order valence-corrected chi connectivity index (χ4v) is 4.88. The minimum absolute atomic E-state index is 0.100. The summed E-state index contributed by atoms with van der Waals surface area (Å²) in [5, 5.41) is 0. The van der Waals surface area contributed by atoms with Crippen LogP contribution in [0.15, 0.2) is 37.7 Å². The van der Waals surface area contributed by atoms with Crippen LogP contribution in [0.3, 0.4) is 0 Å². The number of thiophene rings is 1. The van der Waals surface area contributed by atoms with Crippen LogP contribution in [0.4, 0.5) is 0 Å². The number of rotatable bonds is 2. The summed E-state index contributed by atoms with van der Waals surface area (Å²) >= 11 is 12.3. The predicted molar refractivity (Wildman–Crippen MR) is 84.6 cm³/mol. The maximum absolute atomic E-state index is 6.31. The van der Waals surface area contributed by atoms with Gasteiger partial charge in [-0.15, -0.1) is 11.3 Å². The van der Waals surface area contributed by atoms with Crippen LogP contribution in [0, 0.1) is 6.92 Å². The van der Waals surface area contributed by atoms with E-state index < -0.39 is 0 Å². The fourth-order valence-electron chi connectivity index (χ4n) is 1.62. The van der Waals surface area contributed by atoms with E-state index in [0.29, 0.717) is 0 Å². The van der Waals surface area contributed by atoms with Crippen molar-refractivity contribution in [1.82, 2.24) is 0 Å². The third-order valence-corrected chi connectivity index (χ3v) is 5.33. The molecule has 0 aliphatic carbocycles. The first kappa shape index (κ1) is 13.7. The Morgan fingerprint density at radius 2 is 1.65 bits per heavy atom. The van der Waals surface area contributed by atoms with E-state index in [2.05, 4.69) is 72.9 Å². The van der Waals surface area contributed by atoms with Gasteiger partial charge in [-0.05, 0) is 52.7 Å². The van der Waals surface area contributed by atoms with Crippen LogP contribution < -0.4 is 5.73 Å². The van der Waals surface area contributed by atoms with Crippen LogP contribution in [0.25, 0.3) is 0 Å². The maximum Gasteiger partial charge on any atom is 0.0658 e. The van der Waals surface area contributed by atoms with E-state index in [1.165, 1.54) is 4.88 Å². The molecule has 0 radical (unpaired) electrons. The van der Waals surface area contributed by atoms with Crippen LogP contribution in [0.5, 0.6) is 0 Å². The Kier molecular flexibility index (Phi) is 4.47. The van der Waals surface area contributed by atoms with Crippen molar-refractivity contribution in [1.29, 1.82) is 0 Å². The zero-order valence-corrected chi connectivity index (χ0v) is 14.6. The van der Waals surface area contributed by atoms with Crippen LogP contribution in [0.1, 0.15) is 21.4 Å². The van der Waals surface area contributed by atoms with Gasteiger partial charge in [0.1, 0.15) is 0 Å². The van der Waals surface area contributed by atoms with Crippen molar-refractivity contribution in [2.75, 3.05) is 0 Å².